The molecule has 2 aromatic carbocycles. The molecule has 2 N–H and O–H groups in total. The number of nitrogens with zero attached hydrogens (tertiary/aromatic N) is 2. The van der Waals surface area contributed by atoms with Gasteiger partial charge in [0.2, 0.25) is 0 Å². The molecule has 202 valence electrons. The van der Waals surface area contributed by atoms with Crippen molar-refractivity contribution in [3.8, 4) is 0 Å². The second-order valence-corrected chi connectivity index (χ2v) is 12.0. The van der Waals surface area contributed by atoms with Crippen LogP contribution < -0.4 is 0 Å². The molecule has 0 amide bonds. The maximum atomic E-state index is 13.1. The van der Waals surface area contributed by atoms with E-state index in [0.717, 1.165) is 43.5 Å². The molecule has 1 saturated carbocycles. The largest absolute Gasteiger partial charge is 0.461 e. The Balaban J connectivity index is 1.18. The van der Waals surface area contributed by atoms with Crippen LogP contribution in [0.5, 0.6) is 0 Å². The van der Waals surface area contributed by atoms with Gasteiger partial charge in [-0.25, -0.2) is 0 Å². The minimum atomic E-state index is -1.22. The lowest BCUT2D eigenvalue weighted by Crippen LogP contribution is -2.58. The van der Waals surface area contributed by atoms with E-state index in [9.17, 15) is 15.0 Å². The van der Waals surface area contributed by atoms with Crippen molar-refractivity contribution < 1.29 is 19.7 Å². The predicted molar refractivity (Wildman–Crippen MR) is 146 cm³/mol. The Kier molecular flexibility index (Phi) is 6.71. The Labute approximate surface area is 225 Å². The number of piperazine rings is 1. The van der Waals surface area contributed by atoms with Crippen molar-refractivity contribution in [1.29, 1.82) is 0 Å². The quantitative estimate of drug-likeness (QED) is 0.466. The molecule has 6 rings (SSSR count). The molecule has 2 aliphatic heterocycles. The fourth-order valence-corrected chi connectivity index (χ4v) is 7.68. The van der Waals surface area contributed by atoms with Crippen molar-refractivity contribution in [3.63, 3.8) is 0 Å². The summed E-state index contributed by atoms with van der Waals surface area (Å²) in [5.74, 6) is -0.279. The third kappa shape index (κ3) is 4.04. The Morgan fingerprint density at radius 1 is 1.00 bits per heavy atom. The second kappa shape index (κ2) is 9.91. The number of esters is 1. The van der Waals surface area contributed by atoms with Crippen LogP contribution in [0.3, 0.4) is 0 Å². The van der Waals surface area contributed by atoms with Crippen molar-refractivity contribution in [2.24, 2.45) is 23.2 Å². The summed E-state index contributed by atoms with van der Waals surface area (Å²) >= 11 is 0. The molecule has 0 spiro atoms. The monoisotopic (exact) mass is 516 g/mol. The molecule has 6 heteroatoms. The summed E-state index contributed by atoms with van der Waals surface area (Å²) in [5.41, 5.74) is 1.47. The first-order valence-corrected chi connectivity index (χ1v) is 14.2. The van der Waals surface area contributed by atoms with Gasteiger partial charge in [-0.3, -0.25) is 14.6 Å². The third-order valence-corrected chi connectivity index (χ3v) is 10.2. The number of aliphatic hydroxyl groups excluding tert-OH is 1. The summed E-state index contributed by atoms with van der Waals surface area (Å²) in [4.78, 5) is 17.6. The molecular formula is C32H40N2O4. The van der Waals surface area contributed by atoms with E-state index >= 15 is 0 Å². The van der Waals surface area contributed by atoms with Gasteiger partial charge in [-0.15, -0.1) is 0 Å². The smallest absolute Gasteiger partial charge is 0.311 e. The molecule has 2 aliphatic carbocycles. The first-order valence-electron chi connectivity index (χ1n) is 14.2. The van der Waals surface area contributed by atoms with Crippen LogP contribution in [0.2, 0.25) is 0 Å². The highest BCUT2D eigenvalue weighted by atomic mass is 16.6. The molecule has 2 saturated heterocycles. The topological polar surface area (TPSA) is 73.2 Å². The number of hydrogen-bond acceptors (Lipinski definition) is 6. The standard InChI is InChI=1S/C32H40N2O4/c1-22-10-9-15-25-20-27-28(29(35)31(22,25)2)26(30(36)38-27)21-33-16-18-34(19-17-33)32(37,23-11-5-3-6-12-23)24-13-7-4-8-14-24/h3-8,11-15,22,26-29,35,37H,9-10,16-21H2,1-2H3/t22-,26?,27+,28+,29-,31+/m0/s1. The molecule has 0 aromatic heterocycles. The summed E-state index contributed by atoms with van der Waals surface area (Å²) in [6, 6.07) is 19.7. The van der Waals surface area contributed by atoms with Crippen LogP contribution >= 0.6 is 0 Å². The molecule has 2 heterocycles. The molecule has 1 unspecified atom stereocenters. The highest BCUT2D eigenvalue weighted by Crippen LogP contribution is 2.56. The van der Waals surface area contributed by atoms with Gasteiger partial charge in [0.1, 0.15) is 6.10 Å². The minimum Gasteiger partial charge on any atom is -0.461 e. The van der Waals surface area contributed by atoms with Gasteiger partial charge in [-0.05, 0) is 18.8 Å². The van der Waals surface area contributed by atoms with Gasteiger partial charge in [0.25, 0.3) is 0 Å². The molecule has 4 aliphatic rings. The number of rotatable bonds is 5. The first-order chi connectivity index (χ1) is 18.3. The van der Waals surface area contributed by atoms with E-state index in [1.54, 1.807) is 0 Å². The predicted octanol–water partition coefficient (Wildman–Crippen LogP) is 3.78. The van der Waals surface area contributed by atoms with Crippen molar-refractivity contribution >= 4 is 5.97 Å². The zero-order valence-corrected chi connectivity index (χ0v) is 22.5. The fourth-order valence-electron chi connectivity index (χ4n) is 7.68. The van der Waals surface area contributed by atoms with Crippen LogP contribution in [0.1, 0.15) is 44.2 Å². The van der Waals surface area contributed by atoms with Crippen LogP contribution in [0.25, 0.3) is 0 Å². The van der Waals surface area contributed by atoms with Crippen LogP contribution in [-0.2, 0) is 15.3 Å². The summed E-state index contributed by atoms with van der Waals surface area (Å²) in [5, 5.41) is 23.8. The van der Waals surface area contributed by atoms with Gasteiger partial charge in [0.15, 0.2) is 5.72 Å². The number of fused-ring (bicyclic) bond motifs is 2. The summed E-state index contributed by atoms with van der Waals surface area (Å²) < 4.78 is 5.89. The second-order valence-electron chi connectivity index (χ2n) is 12.0. The van der Waals surface area contributed by atoms with Crippen LogP contribution in [-0.4, -0.2) is 70.9 Å². The molecular weight excluding hydrogens is 476 g/mol. The molecule has 6 atom stereocenters. The van der Waals surface area contributed by atoms with E-state index in [0.29, 0.717) is 25.6 Å². The number of benzene rings is 2. The van der Waals surface area contributed by atoms with Crippen molar-refractivity contribution in [1.82, 2.24) is 9.80 Å². The number of aliphatic hydroxyl groups is 2. The SMILES string of the molecule is C[C@H]1CCC=C2C[C@H]3OC(=O)C(CN4CCN(C(O)(c5ccccc5)c5ccccc5)CC4)[C@H]3[C@H](O)[C@@]21C. The lowest BCUT2D eigenvalue weighted by atomic mass is 9.55. The van der Waals surface area contributed by atoms with Crippen molar-refractivity contribution in [2.45, 2.75) is 51.0 Å². The highest BCUT2D eigenvalue weighted by Gasteiger charge is 2.60. The average Bonchev–Trinajstić information content (AvgIpc) is 3.26. The van der Waals surface area contributed by atoms with Crippen LogP contribution in [0.15, 0.2) is 72.3 Å². The zero-order valence-electron chi connectivity index (χ0n) is 22.5. The van der Waals surface area contributed by atoms with Gasteiger partial charge in [-0.1, -0.05) is 86.2 Å². The minimum absolute atomic E-state index is 0.165. The van der Waals surface area contributed by atoms with Gasteiger partial charge in [0.05, 0.1) is 12.0 Å². The van der Waals surface area contributed by atoms with Gasteiger partial charge < -0.3 is 14.9 Å². The van der Waals surface area contributed by atoms with Gasteiger partial charge in [-0.2, -0.15) is 0 Å². The first kappa shape index (κ1) is 25.8. The Bertz CT molecular complexity index is 1140. The zero-order chi connectivity index (χ0) is 26.5. The van der Waals surface area contributed by atoms with E-state index in [4.69, 9.17) is 4.74 Å². The van der Waals surface area contributed by atoms with E-state index in [2.05, 4.69) is 29.7 Å². The summed E-state index contributed by atoms with van der Waals surface area (Å²) in [6.45, 7) is 7.82. The summed E-state index contributed by atoms with van der Waals surface area (Å²) in [7, 11) is 0. The average molecular weight is 517 g/mol. The van der Waals surface area contributed by atoms with Crippen LogP contribution in [0.4, 0.5) is 0 Å². The molecule has 38 heavy (non-hydrogen) atoms. The lowest BCUT2D eigenvalue weighted by molar-refractivity contribution is -0.145. The van der Waals surface area contributed by atoms with E-state index < -0.39 is 11.8 Å². The number of carbonyl (C=O) groups is 1. The van der Waals surface area contributed by atoms with E-state index in [-0.39, 0.29) is 29.3 Å². The van der Waals surface area contributed by atoms with Crippen molar-refractivity contribution in [3.05, 3.63) is 83.4 Å². The van der Waals surface area contributed by atoms with Crippen molar-refractivity contribution in [2.75, 3.05) is 32.7 Å². The maximum absolute atomic E-state index is 13.1. The van der Waals surface area contributed by atoms with E-state index in [1.807, 2.05) is 60.7 Å². The fraction of sp³-hybridized carbons (Fsp3) is 0.531. The third-order valence-electron chi connectivity index (χ3n) is 10.2. The molecule has 2 aromatic rings. The molecule has 3 fully saturated rings. The lowest BCUT2D eigenvalue weighted by Gasteiger charge is -2.52. The Hall–Kier alpha value is -2.51. The summed E-state index contributed by atoms with van der Waals surface area (Å²) in [6.07, 6.45) is 4.33. The normalized spacial score (nSPS) is 34.3. The van der Waals surface area contributed by atoms with Crippen LogP contribution in [0, 0.1) is 23.2 Å². The number of allylic oxidation sites excluding steroid dienone is 1. The number of hydrogen-bond donors (Lipinski definition) is 2. The Morgan fingerprint density at radius 3 is 2.21 bits per heavy atom. The van der Waals surface area contributed by atoms with Gasteiger partial charge >= 0.3 is 5.97 Å². The molecule has 0 bridgehead atoms. The van der Waals surface area contributed by atoms with Gasteiger partial charge in [0, 0.05) is 61.6 Å². The Morgan fingerprint density at radius 2 is 1.61 bits per heavy atom. The van der Waals surface area contributed by atoms with E-state index in [1.165, 1.54) is 5.57 Å². The highest BCUT2D eigenvalue weighted by molar-refractivity contribution is 5.76. The molecule has 0 radical (unpaired) electrons. The number of ether oxygens (including phenoxy) is 1. The number of carbonyl (C=O) groups excluding carboxylic acids is 1. The maximum Gasteiger partial charge on any atom is 0.311 e. The molecule has 6 nitrogen and oxygen atoms in total.